The van der Waals surface area contributed by atoms with Gasteiger partial charge in [-0.25, -0.2) is 0 Å². The molecule has 4 heteroatoms. The van der Waals surface area contributed by atoms with Crippen LogP contribution in [0.1, 0.15) is 18.9 Å². The third-order valence-electron chi connectivity index (χ3n) is 3.03. The second kappa shape index (κ2) is 8.91. The van der Waals surface area contributed by atoms with Crippen molar-refractivity contribution in [2.45, 2.75) is 32.4 Å². The molecule has 0 saturated carbocycles. The number of methoxy groups -OCH3 is 1. The van der Waals surface area contributed by atoms with E-state index in [9.17, 15) is 5.11 Å². The summed E-state index contributed by atoms with van der Waals surface area (Å²) in [5, 5.41) is 13.2. The van der Waals surface area contributed by atoms with Crippen molar-refractivity contribution in [3.8, 4) is 5.75 Å². The van der Waals surface area contributed by atoms with E-state index in [0.29, 0.717) is 19.8 Å². The molecule has 19 heavy (non-hydrogen) atoms. The summed E-state index contributed by atoms with van der Waals surface area (Å²) in [7, 11) is 1.68. The van der Waals surface area contributed by atoms with Gasteiger partial charge in [-0.15, -0.1) is 0 Å². The highest BCUT2D eigenvalue weighted by Gasteiger charge is 2.10. The highest BCUT2D eigenvalue weighted by molar-refractivity contribution is 5.31. The maximum atomic E-state index is 9.89. The summed E-state index contributed by atoms with van der Waals surface area (Å²) >= 11 is 0. The van der Waals surface area contributed by atoms with Crippen LogP contribution in [0, 0.1) is 6.92 Å². The van der Waals surface area contributed by atoms with Gasteiger partial charge < -0.3 is 19.9 Å². The summed E-state index contributed by atoms with van der Waals surface area (Å²) in [5.41, 5.74) is 1.08. The first-order valence-corrected chi connectivity index (χ1v) is 6.76. The van der Waals surface area contributed by atoms with Gasteiger partial charge in [0.05, 0.1) is 6.61 Å². The number of ether oxygens (including phenoxy) is 2. The summed E-state index contributed by atoms with van der Waals surface area (Å²) in [6.07, 6.45) is 0.449. The van der Waals surface area contributed by atoms with Crippen LogP contribution in [0.25, 0.3) is 0 Å². The normalized spacial score (nSPS) is 14.1. The molecule has 2 unspecified atom stereocenters. The lowest BCUT2D eigenvalue weighted by molar-refractivity contribution is 0.0950. The molecule has 4 nitrogen and oxygen atoms in total. The standard InChI is InChI=1S/C15H25NO3/c1-4-13(10-18-3)16-9-14(17)11-19-15-8-6-5-7-12(15)2/h5-8,13-14,16-17H,4,9-11H2,1-3H3. The number of rotatable bonds is 9. The quantitative estimate of drug-likeness (QED) is 0.715. The number of para-hydroxylation sites is 1. The fourth-order valence-electron chi connectivity index (χ4n) is 1.79. The molecule has 0 heterocycles. The smallest absolute Gasteiger partial charge is 0.122 e. The van der Waals surface area contributed by atoms with E-state index in [4.69, 9.17) is 9.47 Å². The molecule has 1 rings (SSSR count). The van der Waals surface area contributed by atoms with Gasteiger partial charge in [-0.2, -0.15) is 0 Å². The Labute approximate surface area is 115 Å². The summed E-state index contributed by atoms with van der Waals surface area (Å²) in [6, 6.07) is 8.08. The van der Waals surface area contributed by atoms with Crippen LogP contribution in [0.4, 0.5) is 0 Å². The molecular weight excluding hydrogens is 242 g/mol. The van der Waals surface area contributed by atoms with Crippen LogP contribution in [0.3, 0.4) is 0 Å². The highest BCUT2D eigenvalue weighted by atomic mass is 16.5. The van der Waals surface area contributed by atoms with Crippen LogP contribution in [0.15, 0.2) is 24.3 Å². The number of nitrogens with one attached hydrogen (secondary N) is 1. The zero-order chi connectivity index (χ0) is 14.1. The summed E-state index contributed by atoms with van der Waals surface area (Å²) in [4.78, 5) is 0. The fourth-order valence-corrected chi connectivity index (χ4v) is 1.79. The Kier molecular flexibility index (Phi) is 7.48. The van der Waals surface area contributed by atoms with E-state index < -0.39 is 6.10 Å². The number of aliphatic hydroxyl groups excluding tert-OH is 1. The second-order valence-electron chi connectivity index (χ2n) is 4.70. The van der Waals surface area contributed by atoms with E-state index in [0.717, 1.165) is 17.7 Å². The lowest BCUT2D eigenvalue weighted by Crippen LogP contribution is -2.40. The second-order valence-corrected chi connectivity index (χ2v) is 4.70. The predicted octanol–water partition coefficient (Wildman–Crippen LogP) is 1.75. The van der Waals surface area contributed by atoms with Crippen LogP contribution in [0.2, 0.25) is 0 Å². The Balaban J connectivity index is 2.28. The first-order chi connectivity index (χ1) is 9.17. The first-order valence-electron chi connectivity index (χ1n) is 6.76. The van der Waals surface area contributed by atoms with Crippen molar-refractivity contribution < 1.29 is 14.6 Å². The van der Waals surface area contributed by atoms with Gasteiger partial charge in [0.25, 0.3) is 0 Å². The third kappa shape index (κ3) is 6.05. The van der Waals surface area contributed by atoms with E-state index >= 15 is 0 Å². The maximum Gasteiger partial charge on any atom is 0.122 e. The average Bonchev–Trinajstić information content (AvgIpc) is 2.42. The molecule has 0 aliphatic rings. The Morgan fingerprint density at radius 3 is 2.63 bits per heavy atom. The molecule has 0 fully saturated rings. The Bertz CT molecular complexity index is 357. The largest absolute Gasteiger partial charge is 0.491 e. The van der Waals surface area contributed by atoms with E-state index in [1.54, 1.807) is 7.11 Å². The molecule has 0 bridgehead atoms. The van der Waals surface area contributed by atoms with Gasteiger partial charge in [0.15, 0.2) is 0 Å². The molecule has 108 valence electrons. The Hall–Kier alpha value is -1.10. The molecule has 0 aromatic heterocycles. The molecule has 1 aromatic carbocycles. The molecule has 0 radical (unpaired) electrons. The van der Waals surface area contributed by atoms with Crippen molar-refractivity contribution in [1.82, 2.24) is 5.32 Å². The van der Waals surface area contributed by atoms with Gasteiger partial charge in [0.1, 0.15) is 18.5 Å². The zero-order valence-electron chi connectivity index (χ0n) is 12.1. The zero-order valence-corrected chi connectivity index (χ0v) is 12.1. The highest BCUT2D eigenvalue weighted by Crippen LogP contribution is 2.16. The van der Waals surface area contributed by atoms with E-state index in [1.165, 1.54) is 0 Å². The number of hydrogen-bond acceptors (Lipinski definition) is 4. The summed E-state index contributed by atoms with van der Waals surface area (Å²) in [6.45, 7) is 5.54. The number of hydrogen-bond donors (Lipinski definition) is 2. The molecule has 1 aromatic rings. The van der Waals surface area contributed by atoms with Gasteiger partial charge in [-0.1, -0.05) is 25.1 Å². The van der Waals surface area contributed by atoms with Gasteiger partial charge in [-0.05, 0) is 25.0 Å². The Morgan fingerprint density at radius 2 is 2.00 bits per heavy atom. The van der Waals surface area contributed by atoms with Crippen LogP contribution < -0.4 is 10.1 Å². The van der Waals surface area contributed by atoms with Crippen molar-refractivity contribution in [2.24, 2.45) is 0 Å². The lowest BCUT2D eigenvalue weighted by Gasteiger charge is -2.19. The minimum atomic E-state index is -0.523. The third-order valence-corrected chi connectivity index (χ3v) is 3.03. The molecule has 0 aliphatic heterocycles. The van der Waals surface area contributed by atoms with Crippen LogP contribution in [-0.2, 0) is 4.74 Å². The van der Waals surface area contributed by atoms with E-state index in [1.807, 2.05) is 31.2 Å². The minimum absolute atomic E-state index is 0.276. The van der Waals surface area contributed by atoms with E-state index in [-0.39, 0.29) is 6.04 Å². The Morgan fingerprint density at radius 1 is 1.26 bits per heavy atom. The number of benzene rings is 1. The summed E-state index contributed by atoms with van der Waals surface area (Å²) in [5.74, 6) is 0.825. The SMILES string of the molecule is CCC(COC)NCC(O)COc1ccccc1C. The number of aliphatic hydroxyl groups is 1. The molecule has 2 atom stereocenters. The molecule has 0 amide bonds. The molecular formula is C15H25NO3. The lowest BCUT2D eigenvalue weighted by atomic mass is 10.2. The minimum Gasteiger partial charge on any atom is -0.491 e. The van der Waals surface area contributed by atoms with Crippen LogP contribution in [0.5, 0.6) is 5.75 Å². The van der Waals surface area contributed by atoms with E-state index in [2.05, 4.69) is 12.2 Å². The van der Waals surface area contributed by atoms with Crippen molar-refractivity contribution in [3.63, 3.8) is 0 Å². The summed E-state index contributed by atoms with van der Waals surface area (Å²) < 4.78 is 10.7. The van der Waals surface area contributed by atoms with Gasteiger partial charge >= 0.3 is 0 Å². The van der Waals surface area contributed by atoms with Crippen LogP contribution in [-0.4, -0.2) is 44.1 Å². The maximum absolute atomic E-state index is 9.89. The molecule has 2 N–H and O–H groups in total. The average molecular weight is 267 g/mol. The monoisotopic (exact) mass is 267 g/mol. The molecule has 0 spiro atoms. The molecule has 0 aliphatic carbocycles. The topological polar surface area (TPSA) is 50.7 Å². The fraction of sp³-hybridized carbons (Fsp3) is 0.600. The molecule has 0 saturated heterocycles. The van der Waals surface area contributed by atoms with Crippen molar-refractivity contribution in [1.29, 1.82) is 0 Å². The first kappa shape index (κ1) is 16.0. The van der Waals surface area contributed by atoms with Crippen molar-refractivity contribution in [2.75, 3.05) is 26.9 Å². The number of aryl methyl sites for hydroxylation is 1. The van der Waals surface area contributed by atoms with Gasteiger partial charge in [0.2, 0.25) is 0 Å². The van der Waals surface area contributed by atoms with Crippen molar-refractivity contribution >= 4 is 0 Å². The predicted molar refractivity (Wildman–Crippen MR) is 76.6 cm³/mol. The van der Waals surface area contributed by atoms with Crippen molar-refractivity contribution in [3.05, 3.63) is 29.8 Å². The van der Waals surface area contributed by atoms with Gasteiger partial charge in [-0.3, -0.25) is 0 Å². The van der Waals surface area contributed by atoms with Crippen LogP contribution >= 0.6 is 0 Å². The van der Waals surface area contributed by atoms with Gasteiger partial charge in [0, 0.05) is 19.7 Å².